The number of aliphatic carboxylic acids is 1. The fourth-order valence-corrected chi connectivity index (χ4v) is 2.61. The molecule has 88 valence electrons. The van der Waals surface area contributed by atoms with Crippen LogP contribution in [0, 0.1) is 11.8 Å². The minimum atomic E-state index is -0.615. The van der Waals surface area contributed by atoms with Gasteiger partial charge in [0.05, 0.1) is 5.92 Å². The van der Waals surface area contributed by atoms with Crippen molar-refractivity contribution in [1.29, 1.82) is 0 Å². The first-order chi connectivity index (χ1) is 7.25. The second kappa shape index (κ2) is 6.83. The highest BCUT2D eigenvalue weighted by molar-refractivity contribution is 5.70. The highest BCUT2D eigenvalue weighted by Gasteiger charge is 2.27. The van der Waals surface area contributed by atoms with E-state index >= 15 is 0 Å². The Morgan fingerprint density at radius 1 is 1.27 bits per heavy atom. The molecule has 0 radical (unpaired) electrons. The Morgan fingerprint density at radius 2 is 1.87 bits per heavy atom. The van der Waals surface area contributed by atoms with E-state index < -0.39 is 5.97 Å². The molecular weight excluding hydrogens is 190 g/mol. The Labute approximate surface area is 92.0 Å². The number of rotatable bonds is 5. The van der Waals surface area contributed by atoms with Gasteiger partial charge < -0.3 is 10.8 Å². The molecule has 0 aliphatic heterocycles. The van der Waals surface area contributed by atoms with Crippen LogP contribution in [-0.4, -0.2) is 17.6 Å². The molecule has 3 nitrogen and oxygen atoms in total. The normalized spacial score (nSPS) is 20.9. The van der Waals surface area contributed by atoms with E-state index in [-0.39, 0.29) is 5.92 Å². The first-order valence-electron chi connectivity index (χ1n) is 6.18. The van der Waals surface area contributed by atoms with E-state index in [9.17, 15) is 9.90 Å². The molecule has 0 amide bonds. The van der Waals surface area contributed by atoms with Crippen molar-refractivity contribution in [1.82, 2.24) is 0 Å². The second-order valence-electron chi connectivity index (χ2n) is 4.63. The molecule has 1 aliphatic rings. The van der Waals surface area contributed by atoms with Gasteiger partial charge in [-0.25, -0.2) is 0 Å². The SMILES string of the molecule is NCCCC(C(=O)O)C1CCCCCC1. The third kappa shape index (κ3) is 4.20. The third-order valence-corrected chi connectivity index (χ3v) is 3.51. The monoisotopic (exact) mass is 213 g/mol. The number of carbonyl (C=O) groups is 1. The van der Waals surface area contributed by atoms with Crippen LogP contribution in [0.3, 0.4) is 0 Å². The van der Waals surface area contributed by atoms with E-state index in [1.54, 1.807) is 0 Å². The van der Waals surface area contributed by atoms with Crippen LogP contribution in [-0.2, 0) is 4.79 Å². The molecule has 15 heavy (non-hydrogen) atoms. The smallest absolute Gasteiger partial charge is 0.306 e. The Kier molecular flexibility index (Phi) is 5.69. The Morgan fingerprint density at radius 3 is 2.33 bits per heavy atom. The molecule has 1 unspecified atom stereocenters. The van der Waals surface area contributed by atoms with Crippen LogP contribution in [0.2, 0.25) is 0 Å². The lowest BCUT2D eigenvalue weighted by atomic mass is 9.83. The number of hydrogen-bond donors (Lipinski definition) is 2. The van der Waals surface area contributed by atoms with E-state index in [2.05, 4.69) is 0 Å². The Bertz CT molecular complexity index is 186. The lowest BCUT2D eigenvalue weighted by Gasteiger charge is -2.22. The zero-order valence-corrected chi connectivity index (χ0v) is 9.45. The quantitative estimate of drug-likeness (QED) is 0.689. The van der Waals surface area contributed by atoms with Crippen LogP contribution in [0.5, 0.6) is 0 Å². The number of carboxylic acid groups (broad SMARTS) is 1. The maximum absolute atomic E-state index is 11.2. The molecule has 1 saturated carbocycles. The first-order valence-corrected chi connectivity index (χ1v) is 6.18. The largest absolute Gasteiger partial charge is 0.481 e. The van der Waals surface area contributed by atoms with Gasteiger partial charge in [-0.2, -0.15) is 0 Å². The molecule has 0 aromatic rings. The summed E-state index contributed by atoms with van der Waals surface area (Å²) in [5.41, 5.74) is 5.44. The highest BCUT2D eigenvalue weighted by atomic mass is 16.4. The van der Waals surface area contributed by atoms with Crippen LogP contribution in [0.15, 0.2) is 0 Å². The molecule has 0 aromatic carbocycles. The van der Waals surface area contributed by atoms with Crippen LogP contribution in [0.4, 0.5) is 0 Å². The summed E-state index contributed by atoms with van der Waals surface area (Å²) in [4.78, 5) is 11.2. The van der Waals surface area contributed by atoms with Crippen molar-refractivity contribution in [3.8, 4) is 0 Å². The van der Waals surface area contributed by atoms with E-state index in [1.165, 1.54) is 25.7 Å². The van der Waals surface area contributed by atoms with Gasteiger partial charge in [-0.15, -0.1) is 0 Å². The van der Waals surface area contributed by atoms with Crippen molar-refractivity contribution in [3.63, 3.8) is 0 Å². The molecule has 3 N–H and O–H groups in total. The van der Waals surface area contributed by atoms with Gasteiger partial charge in [0.15, 0.2) is 0 Å². The van der Waals surface area contributed by atoms with E-state index in [4.69, 9.17) is 5.73 Å². The summed E-state index contributed by atoms with van der Waals surface area (Å²) in [7, 11) is 0. The first kappa shape index (κ1) is 12.5. The molecule has 0 heterocycles. The fraction of sp³-hybridized carbons (Fsp3) is 0.917. The molecule has 1 fully saturated rings. The minimum Gasteiger partial charge on any atom is -0.481 e. The average molecular weight is 213 g/mol. The summed E-state index contributed by atoms with van der Waals surface area (Å²) in [6.07, 6.45) is 8.76. The molecule has 1 rings (SSSR count). The van der Waals surface area contributed by atoms with Crippen LogP contribution < -0.4 is 5.73 Å². The highest BCUT2D eigenvalue weighted by Crippen LogP contribution is 2.31. The maximum atomic E-state index is 11.2. The van der Waals surface area contributed by atoms with Crippen LogP contribution in [0.1, 0.15) is 51.4 Å². The van der Waals surface area contributed by atoms with Gasteiger partial charge in [0.2, 0.25) is 0 Å². The maximum Gasteiger partial charge on any atom is 0.306 e. The zero-order chi connectivity index (χ0) is 11.1. The van der Waals surface area contributed by atoms with Crippen molar-refractivity contribution < 1.29 is 9.90 Å². The van der Waals surface area contributed by atoms with E-state index in [0.29, 0.717) is 12.5 Å². The van der Waals surface area contributed by atoms with E-state index in [1.807, 2.05) is 0 Å². The van der Waals surface area contributed by atoms with Crippen LogP contribution in [0.25, 0.3) is 0 Å². The molecule has 1 aliphatic carbocycles. The Hall–Kier alpha value is -0.570. The summed E-state index contributed by atoms with van der Waals surface area (Å²) >= 11 is 0. The summed E-state index contributed by atoms with van der Waals surface area (Å²) in [5.74, 6) is -0.362. The molecule has 0 bridgehead atoms. The number of nitrogens with two attached hydrogens (primary N) is 1. The molecule has 0 spiro atoms. The standard InChI is InChI=1S/C12H23NO2/c13-9-5-8-11(12(14)15)10-6-3-1-2-4-7-10/h10-11H,1-9,13H2,(H,14,15). The van der Waals surface area contributed by atoms with Gasteiger partial charge in [-0.3, -0.25) is 4.79 Å². The van der Waals surface area contributed by atoms with Crippen molar-refractivity contribution in [2.24, 2.45) is 17.6 Å². The number of hydrogen-bond acceptors (Lipinski definition) is 2. The molecule has 0 aromatic heterocycles. The summed E-state index contributed by atoms with van der Waals surface area (Å²) in [6.45, 7) is 0.608. The van der Waals surface area contributed by atoms with Gasteiger partial charge >= 0.3 is 5.97 Å². The topological polar surface area (TPSA) is 63.3 Å². The van der Waals surface area contributed by atoms with Crippen molar-refractivity contribution in [2.45, 2.75) is 51.4 Å². The van der Waals surface area contributed by atoms with Crippen molar-refractivity contribution in [2.75, 3.05) is 6.54 Å². The minimum absolute atomic E-state index is 0.147. The molecular formula is C12H23NO2. The predicted molar refractivity (Wildman–Crippen MR) is 60.6 cm³/mol. The Balaban J connectivity index is 2.48. The van der Waals surface area contributed by atoms with Gasteiger partial charge in [-0.1, -0.05) is 25.7 Å². The van der Waals surface area contributed by atoms with Gasteiger partial charge in [-0.05, 0) is 38.1 Å². The summed E-state index contributed by atoms with van der Waals surface area (Å²) in [5, 5.41) is 9.20. The average Bonchev–Trinajstić information content (AvgIpc) is 2.47. The van der Waals surface area contributed by atoms with E-state index in [0.717, 1.165) is 25.7 Å². The predicted octanol–water partition coefficient (Wildman–Crippen LogP) is 2.40. The molecule has 0 saturated heterocycles. The van der Waals surface area contributed by atoms with Crippen molar-refractivity contribution >= 4 is 5.97 Å². The molecule has 1 atom stereocenters. The summed E-state index contributed by atoms with van der Waals surface area (Å²) in [6, 6.07) is 0. The molecule has 3 heteroatoms. The lowest BCUT2D eigenvalue weighted by molar-refractivity contribution is -0.144. The third-order valence-electron chi connectivity index (χ3n) is 3.51. The van der Waals surface area contributed by atoms with Gasteiger partial charge in [0.25, 0.3) is 0 Å². The lowest BCUT2D eigenvalue weighted by Crippen LogP contribution is -2.24. The second-order valence-corrected chi connectivity index (χ2v) is 4.63. The fourth-order valence-electron chi connectivity index (χ4n) is 2.61. The van der Waals surface area contributed by atoms with Gasteiger partial charge in [0, 0.05) is 0 Å². The van der Waals surface area contributed by atoms with Crippen LogP contribution >= 0.6 is 0 Å². The number of carboxylic acids is 1. The van der Waals surface area contributed by atoms with Crippen molar-refractivity contribution in [3.05, 3.63) is 0 Å². The summed E-state index contributed by atoms with van der Waals surface area (Å²) < 4.78 is 0. The van der Waals surface area contributed by atoms with Gasteiger partial charge in [0.1, 0.15) is 0 Å². The zero-order valence-electron chi connectivity index (χ0n) is 9.45.